The lowest BCUT2D eigenvalue weighted by Gasteiger charge is -2.26. The number of hydrogen-bond acceptors (Lipinski definition) is 5. The Labute approximate surface area is 188 Å². The molecule has 0 aliphatic heterocycles. The van der Waals surface area contributed by atoms with Gasteiger partial charge in [0.25, 0.3) is 10.0 Å². The highest BCUT2D eigenvalue weighted by molar-refractivity contribution is 7.92. The Morgan fingerprint density at radius 1 is 0.938 bits per heavy atom. The van der Waals surface area contributed by atoms with Crippen molar-refractivity contribution in [2.75, 3.05) is 25.1 Å². The highest BCUT2D eigenvalue weighted by atomic mass is 32.2. The summed E-state index contributed by atoms with van der Waals surface area (Å²) in [4.78, 5) is 12.9. The van der Waals surface area contributed by atoms with Crippen LogP contribution in [0.25, 0.3) is 0 Å². The zero-order valence-corrected chi connectivity index (χ0v) is 19.1. The lowest BCUT2D eigenvalue weighted by Crippen LogP contribution is -2.40. The Kier molecular flexibility index (Phi) is 7.37. The van der Waals surface area contributed by atoms with Crippen LogP contribution in [-0.4, -0.2) is 35.1 Å². The number of sulfonamides is 1. The van der Waals surface area contributed by atoms with Crippen LogP contribution in [0.3, 0.4) is 0 Å². The molecule has 1 N–H and O–H groups in total. The molecule has 3 rings (SSSR count). The van der Waals surface area contributed by atoms with E-state index in [0.717, 1.165) is 15.4 Å². The van der Waals surface area contributed by atoms with Crippen molar-refractivity contribution in [2.45, 2.75) is 18.4 Å². The summed E-state index contributed by atoms with van der Waals surface area (Å²) >= 11 is 0. The molecule has 0 fully saturated rings. The maximum absolute atomic E-state index is 13.5. The molecule has 0 spiro atoms. The summed E-state index contributed by atoms with van der Waals surface area (Å²) in [5.41, 5.74) is 2.24. The number of methoxy groups -OCH3 is 2. The molecule has 168 valence electrons. The molecule has 1 amide bonds. The largest absolute Gasteiger partial charge is 0.497 e. The van der Waals surface area contributed by atoms with Gasteiger partial charge < -0.3 is 14.8 Å². The normalized spacial score (nSPS) is 11.0. The Morgan fingerprint density at radius 2 is 1.62 bits per heavy atom. The van der Waals surface area contributed by atoms with E-state index in [2.05, 4.69) is 5.32 Å². The number of anilines is 1. The quantitative estimate of drug-likeness (QED) is 0.535. The van der Waals surface area contributed by atoms with Gasteiger partial charge in [-0.2, -0.15) is 0 Å². The van der Waals surface area contributed by atoms with Crippen molar-refractivity contribution in [3.63, 3.8) is 0 Å². The van der Waals surface area contributed by atoms with E-state index >= 15 is 0 Å². The van der Waals surface area contributed by atoms with E-state index in [9.17, 15) is 13.2 Å². The highest BCUT2D eigenvalue weighted by Crippen LogP contribution is 2.35. The molecule has 8 heteroatoms. The SMILES string of the molecule is COc1ccc(OC)c(N(CC(=O)NCc2ccc(C)cc2)S(=O)(=O)c2ccccc2)c1. The lowest BCUT2D eigenvalue weighted by molar-refractivity contribution is -0.119. The first-order valence-corrected chi connectivity index (χ1v) is 11.4. The van der Waals surface area contributed by atoms with Crippen molar-refractivity contribution in [1.29, 1.82) is 0 Å². The fraction of sp³-hybridized carbons (Fsp3) is 0.208. The van der Waals surface area contributed by atoms with Gasteiger partial charge in [0.1, 0.15) is 18.0 Å². The molecule has 0 atom stereocenters. The van der Waals surface area contributed by atoms with Gasteiger partial charge in [0, 0.05) is 12.6 Å². The molecule has 0 saturated carbocycles. The molecular weight excluding hydrogens is 428 g/mol. The number of carbonyl (C=O) groups excluding carboxylic acids is 1. The topological polar surface area (TPSA) is 84.9 Å². The molecule has 3 aromatic carbocycles. The van der Waals surface area contributed by atoms with Crippen LogP contribution in [0.15, 0.2) is 77.7 Å². The Hall–Kier alpha value is -3.52. The van der Waals surface area contributed by atoms with Gasteiger partial charge in [-0.05, 0) is 36.8 Å². The molecular formula is C24H26N2O5S. The fourth-order valence-corrected chi connectivity index (χ4v) is 4.55. The molecule has 0 heterocycles. The molecule has 0 radical (unpaired) electrons. The number of rotatable bonds is 9. The van der Waals surface area contributed by atoms with Crippen LogP contribution < -0.4 is 19.1 Å². The average molecular weight is 455 g/mol. The molecule has 32 heavy (non-hydrogen) atoms. The zero-order valence-electron chi connectivity index (χ0n) is 18.2. The summed E-state index contributed by atoms with van der Waals surface area (Å²) in [5.74, 6) is 0.292. The Bertz CT molecular complexity index is 1160. The van der Waals surface area contributed by atoms with E-state index in [1.807, 2.05) is 31.2 Å². The number of carbonyl (C=O) groups is 1. The van der Waals surface area contributed by atoms with Crippen LogP contribution in [0.1, 0.15) is 11.1 Å². The van der Waals surface area contributed by atoms with Gasteiger partial charge in [-0.1, -0.05) is 48.0 Å². The third-order valence-electron chi connectivity index (χ3n) is 4.88. The molecule has 3 aromatic rings. The second kappa shape index (κ2) is 10.2. The van der Waals surface area contributed by atoms with E-state index in [1.54, 1.807) is 30.3 Å². The summed E-state index contributed by atoms with van der Waals surface area (Å²) in [7, 11) is -1.14. The van der Waals surface area contributed by atoms with E-state index in [1.165, 1.54) is 32.4 Å². The minimum absolute atomic E-state index is 0.0659. The van der Waals surface area contributed by atoms with Gasteiger partial charge in [0.05, 0.1) is 24.8 Å². The summed E-state index contributed by atoms with van der Waals surface area (Å²) in [6, 6.07) is 20.5. The molecule has 0 aliphatic carbocycles. The summed E-state index contributed by atoms with van der Waals surface area (Å²) in [5, 5.41) is 2.79. The predicted octanol–water partition coefficient (Wildman–Crippen LogP) is 3.52. The zero-order chi connectivity index (χ0) is 23.1. The summed E-state index contributed by atoms with van der Waals surface area (Å²) < 4.78 is 38.7. The fourth-order valence-electron chi connectivity index (χ4n) is 3.10. The van der Waals surface area contributed by atoms with Gasteiger partial charge in [0.2, 0.25) is 5.91 Å². The first-order valence-electron chi connectivity index (χ1n) is 9.97. The molecule has 0 unspecified atom stereocenters. The monoisotopic (exact) mass is 454 g/mol. The van der Waals surface area contributed by atoms with E-state index in [4.69, 9.17) is 9.47 Å². The van der Waals surface area contributed by atoms with E-state index < -0.39 is 22.5 Å². The molecule has 0 aliphatic rings. The maximum Gasteiger partial charge on any atom is 0.264 e. The van der Waals surface area contributed by atoms with Crippen molar-refractivity contribution < 1.29 is 22.7 Å². The Morgan fingerprint density at radius 3 is 2.25 bits per heavy atom. The van der Waals surface area contributed by atoms with Gasteiger partial charge in [0.15, 0.2) is 0 Å². The van der Waals surface area contributed by atoms with Crippen LogP contribution >= 0.6 is 0 Å². The number of hydrogen-bond donors (Lipinski definition) is 1. The van der Waals surface area contributed by atoms with Gasteiger partial charge in [-0.3, -0.25) is 9.10 Å². The van der Waals surface area contributed by atoms with Crippen LogP contribution in [-0.2, 0) is 21.4 Å². The summed E-state index contributed by atoms with van der Waals surface area (Å²) in [6.07, 6.45) is 0. The van der Waals surface area contributed by atoms with Crippen LogP contribution in [0.2, 0.25) is 0 Å². The third kappa shape index (κ3) is 5.39. The molecule has 7 nitrogen and oxygen atoms in total. The minimum atomic E-state index is -4.06. The van der Waals surface area contributed by atoms with Crippen LogP contribution in [0.5, 0.6) is 11.5 Å². The van der Waals surface area contributed by atoms with E-state index in [-0.39, 0.29) is 17.1 Å². The van der Waals surface area contributed by atoms with Crippen LogP contribution in [0.4, 0.5) is 5.69 Å². The lowest BCUT2D eigenvalue weighted by atomic mass is 10.1. The average Bonchev–Trinajstić information content (AvgIpc) is 2.82. The van der Waals surface area contributed by atoms with E-state index in [0.29, 0.717) is 11.5 Å². The first kappa shape index (κ1) is 23.1. The molecule has 0 bridgehead atoms. The number of amides is 1. The van der Waals surface area contributed by atoms with Crippen molar-refractivity contribution in [3.8, 4) is 11.5 Å². The molecule has 0 aromatic heterocycles. The van der Waals surface area contributed by atoms with Gasteiger partial charge >= 0.3 is 0 Å². The first-order chi connectivity index (χ1) is 15.3. The number of aryl methyl sites for hydroxylation is 1. The second-order valence-electron chi connectivity index (χ2n) is 7.12. The van der Waals surface area contributed by atoms with Gasteiger partial charge in [-0.25, -0.2) is 8.42 Å². The van der Waals surface area contributed by atoms with Crippen molar-refractivity contribution in [3.05, 3.63) is 83.9 Å². The van der Waals surface area contributed by atoms with Crippen LogP contribution in [0, 0.1) is 6.92 Å². The van der Waals surface area contributed by atoms with Crippen molar-refractivity contribution in [1.82, 2.24) is 5.32 Å². The van der Waals surface area contributed by atoms with Gasteiger partial charge in [-0.15, -0.1) is 0 Å². The highest BCUT2D eigenvalue weighted by Gasteiger charge is 2.29. The number of benzene rings is 3. The standard InChI is InChI=1S/C24H26N2O5S/c1-18-9-11-19(12-10-18)16-25-24(27)17-26(32(28,29)21-7-5-4-6-8-21)22-15-20(30-2)13-14-23(22)31-3/h4-15H,16-17H2,1-3H3,(H,25,27). The number of nitrogens with one attached hydrogen (secondary N) is 1. The smallest absolute Gasteiger partial charge is 0.264 e. The predicted molar refractivity (Wildman–Crippen MR) is 124 cm³/mol. The maximum atomic E-state index is 13.5. The second-order valence-corrected chi connectivity index (χ2v) is 8.99. The Balaban J connectivity index is 1.94. The number of ether oxygens (including phenoxy) is 2. The third-order valence-corrected chi connectivity index (χ3v) is 6.66. The number of nitrogens with zero attached hydrogens (tertiary/aromatic N) is 1. The molecule has 0 saturated heterocycles. The van der Waals surface area contributed by atoms with Crippen molar-refractivity contribution in [2.24, 2.45) is 0 Å². The van der Waals surface area contributed by atoms with Crippen molar-refractivity contribution >= 4 is 21.6 Å². The minimum Gasteiger partial charge on any atom is -0.497 e. The summed E-state index contributed by atoms with van der Waals surface area (Å²) in [6.45, 7) is 1.84.